The van der Waals surface area contributed by atoms with Crippen molar-refractivity contribution in [1.82, 2.24) is 4.90 Å². The summed E-state index contributed by atoms with van der Waals surface area (Å²) in [4.78, 5) is 21.3. The molecule has 0 spiro atoms. The van der Waals surface area contributed by atoms with Gasteiger partial charge in [0, 0.05) is 32.3 Å². The van der Waals surface area contributed by atoms with E-state index >= 15 is 0 Å². The Labute approximate surface area is 204 Å². The van der Waals surface area contributed by atoms with E-state index in [0.29, 0.717) is 69.1 Å². The number of benzene rings is 2. The molecule has 0 bridgehead atoms. The molecule has 0 unspecified atom stereocenters. The Balaban J connectivity index is 1.26. The van der Waals surface area contributed by atoms with Gasteiger partial charge < -0.3 is 14.2 Å². The predicted molar refractivity (Wildman–Crippen MR) is 132 cm³/mol. The van der Waals surface area contributed by atoms with Crippen molar-refractivity contribution in [3.8, 4) is 11.3 Å². The molecular weight excluding hydrogens is 484 g/mol. The van der Waals surface area contributed by atoms with E-state index in [9.17, 15) is 9.18 Å². The monoisotopic (exact) mass is 501 g/mol. The van der Waals surface area contributed by atoms with Gasteiger partial charge in [0.2, 0.25) is 0 Å². The van der Waals surface area contributed by atoms with Gasteiger partial charge in [-0.15, -0.1) is 0 Å². The standard InChI is InChI=1S/C24H18Cl2FN3O2S/c25-16-4-3-5-17(26)22(16)20-9-8-15(32-20)14-21-23(31)28-24(33-21)30-12-10-29(11-13-30)19-7-2-1-6-18(19)27/h1-9,14H,10-13H2. The quantitative estimate of drug-likeness (QED) is 0.400. The summed E-state index contributed by atoms with van der Waals surface area (Å²) >= 11 is 13.8. The summed E-state index contributed by atoms with van der Waals surface area (Å²) in [5, 5.41) is 1.63. The second kappa shape index (κ2) is 9.25. The molecule has 168 valence electrons. The lowest BCUT2D eigenvalue weighted by Crippen LogP contribution is -2.48. The highest BCUT2D eigenvalue weighted by Gasteiger charge is 2.29. The van der Waals surface area contributed by atoms with E-state index in [0.717, 1.165) is 0 Å². The van der Waals surface area contributed by atoms with E-state index in [1.54, 1.807) is 48.5 Å². The number of rotatable bonds is 3. The van der Waals surface area contributed by atoms with Crippen molar-refractivity contribution in [3.05, 3.63) is 81.1 Å². The third-order valence-corrected chi connectivity index (χ3v) is 7.14. The lowest BCUT2D eigenvalue weighted by atomic mass is 10.2. The molecule has 5 nitrogen and oxygen atoms in total. The van der Waals surface area contributed by atoms with Gasteiger partial charge >= 0.3 is 0 Å². The normalized spacial score (nSPS) is 17.7. The van der Waals surface area contributed by atoms with Crippen LogP contribution in [0, 0.1) is 5.82 Å². The molecule has 0 saturated carbocycles. The fraction of sp³-hybridized carbons (Fsp3) is 0.167. The Morgan fingerprint density at radius 1 is 0.939 bits per heavy atom. The summed E-state index contributed by atoms with van der Waals surface area (Å²) < 4.78 is 20.0. The maximum absolute atomic E-state index is 14.1. The van der Waals surface area contributed by atoms with Crippen LogP contribution >= 0.6 is 35.0 Å². The summed E-state index contributed by atoms with van der Waals surface area (Å²) in [7, 11) is 0. The number of nitrogens with zero attached hydrogens (tertiary/aromatic N) is 3. The Morgan fingerprint density at radius 2 is 1.64 bits per heavy atom. The number of thioether (sulfide) groups is 1. The molecule has 0 aliphatic carbocycles. The lowest BCUT2D eigenvalue weighted by Gasteiger charge is -2.36. The third-order valence-electron chi connectivity index (χ3n) is 5.46. The molecule has 3 heterocycles. The molecule has 1 fully saturated rings. The zero-order valence-electron chi connectivity index (χ0n) is 17.3. The van der Waals surface area contributed by atoms with Crippen molar-refractivity contribution in [1.29, 1.82) is 0 Å². The van der Waals surface area contributed by atoms with Crippen LogP contribution in [0.2, 0.25) is 10.0 Å². The maximum atomic E-state index is 14.1. The number of furan rings is 1. The van der Waals surface area contributed by atoms with Crippen LogP contribution in [-0.4, -0.2) is 42.2 Å². The Kier molecular flexibility index (Phi) is 6.19. The zero-order chi connectivity index (χ0) is 22.9. The van der Waals surface area contributed by atoms with Gasteiger partial charge in [0.25, 0.3) is 5.91 Å². The summed E-state index contributed by atoms with van der Waals surface area (Å²) in [5.74, 6) is 0.506. The molecule has 2 aromatic carbocycles. The van der Waals surface area contributed by atoms with E-state index in [1.165, 1.54) is 17.8 Å². The molecule has 0 radical (unpaired) electrons. The summed E-state index contributed by atoms with van der Waals surface area (Å²) in [6, 6.07) is 15.5. The summed E-state index contributed by atoms with van der Waals surface area (Å²) in [5.41, 5.74) is 1.21. The molecule has 1 amide bonds. The smallest absolute Gasteiger partial charge is 0.286 e. The molecule has 1 aromatic heterocycles. The van der Waals surface area contributed by atoms with Gasteiger partial charge in [-0.3, -0.25) is 4.79 Å². The first kappa shape index (κ1) is 22.1. The number of piperazine rings is 1. The van der Waals surface area contributed by atoms with Gasteiger partial charge in [0.1, 0.15) is 17.3 Å². The largest absolute Gasteiger partial charge is 0.457 e. The van der Waals surface area contributed by atoms with Crippen molar-refractivity contribution < 1.29 is 13.6 Å². The number of aliphatic imine (C=N–C) groups is 1. The number of amidine groups is 1. The first-order valence-electron chi connectivity index (χ1n) is 10.3. The molecule has 3 aromatic rings. The summed E-state index contributed by atoms with van der Waals surface area (Å²) in [6.45, 7) is 2.59. The SMILES string of the molecule is O=C1N=C(N2CCN(c3ccccc3F)CC2)SC1=Cc1ccc(-c2c(Cl)cccc2Cl)o1. The number of hydrogen-bond donors (Lipinski definition) is 0. The van der Waals surface area contributed by atoms with Gasteiger partial charge in [-0.1, -0.05) is 41.4 Å². The molecule has 9 heteroatoms. The van der Waals surface area contributed by atoms with Crippen molar-refractivity contribution in [2.75, 3.05) is 31.1 Å². The Bertz CT molecular complexity index is 1260. The highest BCUT2D eigenvalue weighted by atomic mass is 35.5. The van der Waals surface area contributed by atoms with E-state index in [-0.39, 0.29) is 11.7 Å². The van der Waals surface area contributed by atoms with Crippen molar-refractivity contribution >= 4 is 57.8 Å². The Morgan fingerprint density at radius 3 is 2.36 bits per heavy atom. The summed E-state index contributed by atoms with van der Waals surface area (Å²) in [6.07, 6.45) is 1.67. The van der Waals surface area contributed by atoms with Crippen molar-refractivity contribution in [3.63, 3.8) is 0 Å². The molecule has 33 heavy (non-hydrogen) atoms. The van der Waals surface area contributed by atoms with Gasteiger partial charge in [-0.05, 0) is 48.2 Å². The first-order valence-corrected chi connectivity index (χ1v) is 11.9. The molecule has 2 aliphatic heterocycles. The highest BCUT2D eigenvalue weighted by molar-refractivity contribution is 8.18. The number of amides is 1. The van der Waals surface area contributed by atoms with Gasteiger partial charge in [0.15, 0.2) is 5.17 Å². The van der Waals surface area contributed by atoms with Crippen LogP contribution < -0.4 is 4.90 Å². The van der Waals surface area contributed by atoms with Gasteiger partial charge in [0.05, 0.1) is 26.2 Å². The number of anilines is 1. The van der Waals surface area contributed by atoms with Crippen molar-refractivity contribution in [2.24, 2.45) is 4.99 Å². The van der Waals surface area contributed by atoms with E-state index in [1.807, 2.05) is 11.0 Å². The van der Waals surface area contributed by atoms with E-state index in [2.05, 4.69) is 9.89 Å². The molecule has 1 saturated heterocycles. The van der Waals surface area contributed by atoms with Crippen molar-refractivity contribution in [2.45, 2.75) is 0 Å². The van der Waals surface area contributed by atoms with Crippen LogP contribution in [0.1, 0.15) is 5.76 Å². The Hall–Kier alpha value is -2.74. The number of para-hydroxylation sites is 1. The third kappa shape index (κ3) is 4.53. The van der Waals surface area contributed by atoms with Crippen LogP contribution in [-0.2, 0) is 4.79 Å². The van der Waals surface area contributed by atoms with Gasteiger partial charge in [-0.25, -0.2) is 4.39 Å². The second-order valence-electron chi connectivity index (χ2n) is 7.53. The van der Waals surface area contributed by atoms with Crippen LogP contribution in [0.5, 0.6) is 0 Å². The van der Waals surface area contributed by atoms with Crippen LogP contribution in [0.4, 0.5) is 10.1 Å². The first-order chi connectivity index (χ1) is 16.0. The maximum Gasteiger partial charge on any atom is 0.286 e. The minimum Gasteiger partial charge on any atom is -0.457 e. The van der Waals surface area contributed by atoms with E-state index < -0.39 is 0 Å². The number of hydrogen-bond acceptors (Lipinski definition) is 5. The van der Waals surface area contributed by atoms with Gasteiger partial charge in [-0.2, -0.15) is 4.99 Å². The van der Waals surface area contributed by atoms with E-state index in [4.69, 9.17) is 27.6 Å². The average Bonchev–Trinajstić information content (AvgIpc) is 3.41. The minimum absolute atomic E-state index is 0.227. The molecule has 0 N–H and O–H groups in total. The highest BCUT2D eigenvalue weighted by Crippen LogP contribution is 2.37. The van der Waals surface area contributed by atoms with Crippen LogP contribution in [0.25, 0.3) is 17.4 Å². The predicted octanol–water partition coefficient (Wildman–Crippen LogP) is 6.19. The fourth-order valence-electron chi connectivity index (χ4n) is 3.81. The average molecular weight is 502 g/mol. The molecule has 0 atom stereocenters. The molecular formula is C24H18Cl2FN3O2S. The zero-order valence-corrected chi connectivity index (χ0v) is 19.6. The number of halogens is 3. The molecule has 2 aliphatic rings. The van der Waals surface area contributed by atoms with Crippen LogP contribution in [0.15, 0.2) is 68.9 Å². The number of carbonyl (C=O) groups excluding carboxylic acids is 1. The second-order valence-corrected chi connectivity index (χ2v) is 9.36. The van der Waals surface area contributed by atoms with Crippen LogP contribution in [0.3, 0.4) is 0 Å². The molecule has 5 rings (SSSR count). The topological polar surface area (TPSA) is 49.1 Å². The fourth-order valence-corrected chi connectivity index (χ4v) is 5.34. The minimum atomic E-state index is -0.305. The lowest BCUT2D eigenvalue weighted by molar-refractivity contribution is -0.113. The number of carbonyl (C=O) groups is 1.